The second-order valence-corrected chi connectivity index (χ2v) is 4.02. The Hall–Kier alpha value is -3.34. The molecule has 1 N–H and O–H groups in total. The van der Waals surface area contributed by atoms with Crippen LogP contribution in [0.5, 0.6) is 5.75 Å². The van der Waals surface area contributed by atoms with Crippen LogP contribution in [0.3, 0.4) is 0 Å². The fourth-order valence-electron chi connectivity index (χ4n) is 1.41. The average Bonchev–Trinajstić information content (AvgIpc) is 3.04. The molecule has 0 aliphatic heterocycles. The Balaban J connectivity index is 1.69. The summed E-state index contributed by atoms with van der Waals surface area (Å²) in [7, 11) is 0. The molecule has 0 aliphatic rings. The van der Waals surface area contributed by atoms with Crippen LogP contribution < -0.4 is 10.1 Å². The smallest absolute Gasteiger partial charge is 0.344 e. The fourth-order valence-corrected chi connectivity index (χ4v) is 1.41. The zero-order chi connectivity index (χ0) is 15.8. The number of anilines is 1. The van der Waals surface area contributed by atoms with Crippen LogP contribution in [0, 0.1) is 11.3 Å². The number of esters is 1. The molecule has 2 aromatic rings. The minimum Gasteiger partial charge on any atom is -0.482 e. The maximum absolute atomic E-state index is 11.4. The first-order valence-corrected chi connectivity index (χ1v) is 6.16. The van der Waals surface area contributed by atoms with E-state index in [0.29, 0.717) is 11.3 Å². The molecule has 1 aromatic heterocycles. The van der Waals surface area contributed by atoms with Crippen molar-refractivity contribution < 1.29 is 23.6 Å². The number of nitriles is 1. The largest absolute Gasteiger partial charge is 0.482 e. The summed E-state index contributed by atoms with van der Waals surface area (Å²) < 4.78 is 14.4. The average molecular weight is 301 g/mol. The summed E-state index contributed by atoms with van der Waals surface area (Å²) in [5, 5.41) is 14.5. The van der Waals surface area contributed by atoms with E-state index in [-0.39, 0.29) is 12.4 Å². The van der Waals surface area contributed by atoms with E-state index in [1.807, 2.05) is 6.07 Å². The SMILES string of the molecule is N#Cc1ccc(OCC(=O)OCC(=O)Nc2ccon2)cc1. The monoisotopic (exact) mass is 301 g/mol. The van der Waals surface area contributed by atoms with E-state index in [9.17, 15) is 9.59 Å². The maximum atomic E-state index is 11.4. The molecule has 0 bridgehead atoms. The minimum absolute atomic E-state index is 0.231. The van der Waals surface area contributed by atoms with Crippen molar-refractivity contribution in [3.05, 3.63) is 42.2 Å². The number of hydrogen-bond acceptors (Lipinski definition) is 7. The molecule has 0 radical (unpaired) electrons. The molecule has 1 heterocycles. The van der Waals surface area contributed by atoms with Gasteiger partial charge in [0.05, 0.1) is 11.6 Å². The van der Waals surface area contributed by atoms with Gasteiger partial charge in [0.1, 0.15) is 12.0 Å². The molecule has 1 aromatic carbocycles. The summed E-state index contributed by atoms with van der Waals surface area (Å²) in [6, 6.07) is 9.66. The van der Waals surface area contributed by atoms with E-state index in [2.05, 4.69) is 15.0 Å². The van der Waals surface area contributed by atoms with Gasteiger partial charge in [-0.15, -0.1) is 0 Å². The lowest BCUT2D eigenvalue weighted by molar-refractivity contribution is -0.149. The van der Waals surface area contributed by atoms with E-state index in [4.69, 9.17) is 14.7 Å². The van der Waals surface area contributed by atoms with Gasteiger partial charge in [0.2, 0.25) is 0 Å². The highest BCUT2D eigenvalue weighted by atomic mass is 16.6. The van der Waals surface area contributed by atoms with E-state index < -0.39 is 18.5 Å². The van der Waals surface area contributed by atoms with Gasteiger partial charge in [-0.25, -0.2) is 4.79 Å². The first-order valence-electron chi connectivity index (χ1n) is 6.16. The minimum atomic E-state index is -0.695. The first-order chi connectivity index (χ1) is 10.7. The number of carbonyl (C=O) groups is 2. The Morgan fingerprint density at radius 1 is 1.23 bits per heavy atom. The standard InChI is InChI=1S/C14H11N3O5/c15-7-10-1-3-11(4-2-10)20-9-14(19)21-8-13(18)16-12-5-6-22-17-12/h1-6H,8-9H2,(H,16,17,18). The molecular formula is C14H11N3O5. The molecule has 112 valence electrons. The summed E-state index contributed by atoms with van der Waals surface area (Å²) in [6.07, 6.45) is 1.30. The van der Waals surface area contributed by atoms with Crippen LogP contribution in [0.15, 0.2) is 41.1 Å². The quantitative estimate of drug-likeness (QED) is 0.794. The Kier molecular flexibility index (Phi) is 5.09. The Morgan fingerprint density at radius 2 is 2.00 bits per heavy atom. The Morgan fingerprint density at radius 3 is 2.64 bits per heavy atom. The zero-order valence-electron chi connectivity index (χ0n) is 11.3. The summed E-state index contributed by atoms with van der Waals surface area (Å²) >= 11 is 0. The van der Waals surface area contributed by atoms with Crippen molar-refractivity contribution >= 4 is 17.7 Å². The van der Waals surface area contributed by atoms with Crippen molar-refractivity contribution in [3.63, 3.8) is 0 Å². The molecule has 0 fully saturated rings. The van der Waals surface area contributed by atoms with Gasteiger partial charge < -0.3 is 19.3 Å². The van der Waals surface area contributed by atoms with E-state index in [1.165, 1.54) is 12.3 Å². The summed E-state index contributed by atoms with van der Waals surface area (Å²) in [4.78, 5) is 22.9. The molecule has 0 unspecified atom stereocenters. The second kappa shape index (κ2) is 7.44. The molecule has 22 heavy (non-hydrogen) atoms. The van der Waals surface area contributed by atoms with Crippen molar-refractivity contribution in [1.82, 2.24) is 5.16 Å². The molecule has 8 nitrogen and oxygen atoms in total. The third-order valence-corrected chi connectivity index (χ3v) is 2.41. The molecule has 0 spiro atoms. The van der Waals surface area contributed by atoms with Crippen LogP contribution in [0.25, 0.3) is 0 Å². The van der Waals surface area contributed by atoms with E-state index in [1.54, 1.807) is 24.3 Å². The highest BCUT2D eigenvalue weighted by molar-refractivity contribution is 5.91. The van der Waals surface area contributed by atoms with Crippen LogP contribution in [-0.2, 0) is 14.3 Å². The predicted octanol–water partition coefficient (Wildman–Crippen LogP) is 1.11. The molecular weight excluding hydrogens is 290 g/mol. The van der Waals surface area contributed by atoms with Crippen LogP contribution >= 0.6 is 0 Å². The third kappa shape index (κ3) is 4.64. The van der Waals surface area contributed by atoms with Gasteiger partial charge in [-0.3, -0.25) is 4.79 Å². The van der Waals surface area contributed by atoms with Gasteiger partial charge >= 0.3 is 5.97 Å². The summed E-state index contributed by atoms with van der Waals surface area (Å²) in [6.45, 7) is -0.800. The third-order valence-electron chi connectivity index (χ3n) is 2.41. The lowest BCUT2D eigenvalue weighted by Gasteiger charge is -2.06. The molecule has 0 saturated carbocycles. The Labute approximate surface area is 125 Å². The molecule has 2 rings (SSSR count). The first kappa shape index (κ1) is 15.1. The second-order valence-electron chi connectivity index (χ2n) is 4.02. The molecule has 0 aliphatic carbocycles. The van der Waals surface area contributed by atoms with Gasteiger partial charge in [-0.2, -0.15) is 5.26 Å². The van der Waals surface area contributed by atoms with Crippen molar-refractivity contribution in [1.29, 1.82) is 5.26 Å². The number of hydrogen-bond donors (Lipinski definition) is 1. The topological polar surface area (TPSA) is 114 Å². The Bertz CT molecular complexity index is 674. The van der Waals surface area contributed by atoms with Crippen LogP contribution in [0.4, 0.5) is 5.82 Å². The van der Waals surface area contributed by atoms with E-state index in [0.717, 1.165) is 0 Å². The van der Waals surface area contributed by atoms with Crippen molar-refractivity contribution in [2.24, 2.45) is 0 Å². The number of rotatable bonds is 6. The van der Waals surface area contributed by atoms with Crippen molar-refractivity contribution in [3.8, 4) is 11.8 Å². The molecule has 1 amide bonds. The van der Waals surface area contributed by atoms with Gasteiger partial charge in [-0.1, -0.05) is 5.16 Å². The lowest BCUT2D eigenvalue weighted by atomic mass is 10.2. The highest BCUT2D eigenvalue weighted by Gasteiger charge is 2.09. The van der Waals surface area contributed by atoms with Gasteiger partial charge in [0.25, 0.3) is 5.91 Å². The van der Waals surface area contributed by atoms with Crippen LogP contribution in [0.1, 0.15) is 5.56 Å². The molecule has 0 atom stereocenters. The normalized spacial score (nSPS) is 9.59. The maximum Gasteiger partial charge on any atom is 0.344 e. The van der Waals surface area contributed by atoms with Crippen molar-refractivity contribution in [2.45, 2.75) is 0 Å². The van der Waals surface area contributed by atoms with Gasteiger partial charge in [0, 0.05) is 6.07 Å². The number of carbonyl (C=O) groups excluding carboxylic acids is 2. The number of benzene rings is 1. The van der Waals surface area contributed by atoms with Crippen LogP contribution in [-0.4, -0.2) is 30.2 Å². The fraction of sp³-hybridized carbons (Fsp3) is 0.143. The lowest BCUT2D eigenvalue weighted by Crippen LogP contribution is -2.23. The highest BCUT2D eigenvalue weighted by Crippen LogP contribution is 2.11. The molecule has 8 heteroatoms. The van der Waals surface area contributed by atoms with Crippen molar-refractivity contribution in [2.75, 3.05) is 18.5 Å². The summed E-state index contributed by atoms with van der Waals surface area (Å²) in [5.74, 6) is -0.585. The van der Waals surface area contributed by atoms with Crippen LogP contribution in [0.2, 0.25) is 0 Å². The number of nitrogens with zero attached hydrogens (tertiary/aromatic N) is 2. The predicted molar refractivity (Wildman–Crippen MR) is 72.7 cm³/mol. The summed E-state index contributed by atoms with van der Waals surface area (Å²) in [5.41, 5.74) is 0.486. The molecule has 0 saturated heterocycles. The zero-order valence-corrected chi connectivity index (χ0v) is 11.3. The van der Waals surface area contributed by atoms with Gasteiger partial charge in [-0.05, 0) is 24.3 Å². The van der Waals surface area contributed by atoms with E-state index >= 15 is 0 Å². The number of ether oxygens (including phenoxy) is 2. The number of aromatic nitrogens is 1. The van der Waals surface area contributed by atoms with Gasteiger partial charge in [0.15, 0.2) is 19.0 Å². The number of nitrogens with one attached hydrogen (secondary N) is 1. The number of amides is 1.